The molecule has 1 fully saturated rings. The van der Waals surface area contributed by atoms with E-state index in [0.717, 1.165) is 5.56 Å². The van der Waals surface area contributed by atoms with Gasteiger partial charge in [0.15, 0.2) is 0 Å². The van der Waals surface area contributed by atoms with Crippen LogP contribution in [-0.2, 0) is 20.2 Å². The van der Waals surface area contributed by atoms with Gasteiger partial charge < -0.3 is 10.2 Å². The molecule has 1 atom stereocenters. The maximum absolute atomic E-state index is 13.2. The number of hydrogen-bond donors (Lipinski definition) is 1. The molecule has 2 amide bonds. The summed E-state index contributed by atoms with van der Waals surface area (Å²) in [6, 6.07) is 14.2. The number of benzene rings is 2. The second kappa shape index (κ2) is 10.5. The zero-order valence-electron chi connectivity index (χ0n) is 21.5. The van der Waals surface area contributed by atoms with Crippen LogP contribution in [0.3, 0.4) is 0 Å². The number of piperazine rings is 1. The minimum atomic E-state index is -3.77. The van der Waals surface area contributed by atoms with Crippen LogP contribution in [0.4, 0.5) is 0 Å². The highest BCUT2D eigenvalue weighted by molar-refractivity contribution is 7.89. The molecule has 1 heterocycles. The quantitative estimate of drug-likeness (QED) is 0.652. The first-order valence-electron chi connectivity index (χ1n) is 12.1. The van der Waals surface area contributed by atoms with Crippen molar-refractivity contribution in [1.82, 2.24) is 14.5 Å². The van der Waals surface area contributed by atoms with Crippen molar-refractivity contribution in [3.63, 3.8) is 0 Å². The zero-order chi connectivity index (χ0) is 26.0. The Morgan fingerprint density at radius 2 is 1.54 bits per heavy atom. The summed E-state index contributed by atoms with van der Waals surface area (Å²) in [6.45, 7) is 13.2. The Bertz CT molecular complexity index is 1160. The van der Waals surface area contributed by atoms with Crippen molar-refractivity contribution < 1.29 is 18.0 Å². The lowest BCUT2D eigenvalue weighted by molar-refractivity contribution is -0.129. The number of nitrogens with zero attached hydrogens (tertiary/aromatic N) is 2. The monoisotopic (exact) mass is 499 g/mol. The van der Waals surface area contributed by atoms with Gasteiger partial charge in [0.2, 0.25) is 15.9 Å². The molecule has 0 radical (unpaired) electrons. The largest absolute Gasteiger partial charge is 0.345 e. The maximum Gasteiger partial charge on any atom is 0.251 e. The Morgan fingerprint density at radius 1 is 0.943 bits per heavy atom. The molecular formula is C27H37N3O4S. The van der Waals surface area contributed by atoms with Crippen LogP contribution in [0, 0.1) is 5.92 Å². The molecule has 1 saturated heterocycles. The van der Waals surface area contributed by atoms with Gasteiger partial charge in [0.05, 0.1) is 10.9 Å². The number of sulfonamides is 1. The molecular weight excluding hydrogens is 462 g/mol. The van der Waals surface area contributed by atoms with E-state index in [9.17, 15) is 18.0 Å². The van der Waals surface area contributed by atoms with Crippen LogP contribution in [0.25, 0.3) is 0 Å². The molecule has 3 rings (SSSR count). The third kappa shape index (κ3) is 6.30. The molecule has 0 saturated carbocycles. The van der Waals surface area contributed by atoms with Gasteiger partial charge in [-0.05, 0) is 40.7 Å². The molecule has 7 nitrogen and oxygen atoms in total. The highest BCUT2D eigenvalue weighted by Gasteiger charge is 2.30. The number of amides is 2. The van der Waals surface area contributed by atoms with Crippen LogP contribution < -0.4 is 5.32 Å². The van der Waals surface area contributed by atoms with Crippen molar-refractivity contribution >= 4 is 21.8 Å². The van der Waals surface area contributed by atoms with Crippen molar-refractivity contribution in [3.05, 3.63) is 65.2 Å². The summed E-state index contributed by atoms with van der Waals surface area (Å²) in [4.78, 5) is 26.4. The fraction of sp³-hybridized carbons (Fsp3) is 0.481. The van der Waals surface area contributed by atoms with E-state index in [1.54, 1.807) is 17.0 Å². The van der Waals surface area contributed by atoms with E-state index in [1.165, 1.54) is 28.9 Å². The molecule has 1 aliphatic rings. The molecule has 0 aromatic heterocycles. The third-order valence-electron chi connectivity index (χ3n) is 6.51. The van der Waals surface area contributed by atoms with Crippen molar-refractivity contribution in [2.75, 3.05) is 26.2 Å². The normalized spacial score (nSPS) is 16.3. The predicted molar refractivity (Wildman–Crippen MR) is 138 cm³/mol. The smallest absolute Gasteiger partial charge is 0.251 e. The van der Waals surface area contributed by atoms with Crippen molar-refractivity contribution in [2.24, 2.45) is 5.92 Å². The first-order chi connectivity index (χ1) is 16.3. The van der Waals surface area contributed by atoms with Crippen LogP contribution in [0.1, 0.15) is 69.1 Å². The minimum absolute atomic E-state index is 0.0414. The van der Waals surface area contributed by atoms with Gasteiger partial charge in [-0.2, -0.15) is 4.31 Å². The van der Waals surface area contributed by atoms with Crippen LogP contribution in [0.2, 0.25) is 0 Å². The molecule has 2 aromatic rings. The lowest BCUT2D eigenvalue weighted by Crippen LogP contribution is -2.49. The van der Waals surface area contributed by atoms with Gasteiger partial charge in [-0.15, -0.1) is 0 Å². The van der Waals surface area contributed by atoms with Crippen molar-refractivity contribution in [3.8, 4) is 0 Å². The fourth-order valence-corrected chi connectivity index (χ4v) is 5.71. The second-order valence-electron chi connectivity index (χ2n) is 10.5. The standard InChI is InChI=1S/C27H37N3O4S/c1-19(2)25(21-10-12-23(13-11-21)27(4,5)6)28-26(32)22-8-7-9-24(18-22)35(33,34)30-16-14-29(15-17-30)20(3)31/h7-13,18-19,25H,14-17H2,1-6H3,(H,28,32). The van der Waals surface area contributed by atoms with Crippen LogP contribution in [-0.4, -0.2) is 55.6 Å². The summed E-state index contributed by atoms with van der Waals surface area (Å²) >= 11 is 0. The Kier molecular flexibility index (Phi) is 8.07. The van der Waals surface area contributed by atoms with Gasteiger partial charge in [-0.3, -0.25) is 9.59 Å². The first-order valence-corrected chi connectivity index (χ1v) is 13.5. The summed E-state index contributed by atoms with van der Waals surface area (Å²) in [6.07, 6.45) is 0. The number of hydrogen-bond acceptors (Lipinski definition) is 4. The number of carbonyl (C=O) groups is 2. The molecule has 0 spiro atoms. The van der Waals surface area contributed by atoms with E-state index in [4.69, 9.17) is 0 Å². The summed E-state index contributed by atoms with van der Waals surface area (Å²) in [5.41, 5.74) is 2.57. The fourth-order valence-electron chi connectivity index (χ4n) is 4.24. The third-order valence-corrected chi connectivity index (χ3v) is 8.40. The van der Waals surface area contributed by atoms with E-state index in [2.05, 4.69) is 38.2 Å². The SMILES string of the molecule is CC(=O)N1CCN(S(=O)(=O)c2cccc(C(=O)NC(c3ccc(C(C)(C)C)cc3)C(C)C)c2)CC1. The molecule has 1 aliphatic heterocycles. The van der Waals surface area contributed by atoms with Gasteiger partial charge in [0.25, 0.3) is 5.91 Å². The number of carbonyl (C=O) groups excluding carboxylic acids is 2. The van der Waals surface area contributed by atoms with Crippen LogP contribution in [0.15, 0.2) is 53.4 Å². The maximum atomic E-state index is 13.2. The van der Waals surface area contributed by atoms with E-state index in [0.29, 0.717) is 18.7 Å². The van der Waals surface area contributed by atoms with Gasteiger partial charge >= 0.3 is 0 Å². The van der Waals surface area contributed by atoms with Gasteiger partial charge in [0, 0.05) is 38.7 Å². The summed E-state index contributed by atoms with van der Waals surface area (Å²) in [7, 11) is -3.77. The first kappa shape index (κ1) is 26.9. The van der Waals surface area contributed by atoms with E-state index in [-0.39, 0.29) is 47.2 Å². The van der Waals surface area contributed by atoms with E-state index >= 15 is 0 Å². The Labute approximate surface area is 209 Å². The molecule has 0 bridgehead atoms. The Morgan fingerprint density at radius 3 is 2.06 bits per heavy atom. The molecule has 8 heteroatoms. The minimum Gasteiger partial charge on any atom is -0.345 e. The van der Waals surface area contributed by atoms with Crippen LogP contribution in [0.5, 0.6) is 0 Å². The molecule has 35 heavy (non-hydrogen) atoms. The number of rotatable bonds is 6. The lowest BCUT2D eigenvalue weighted by Gasteiger charge is -2.33. The van der Waals surface area contributed by atoms with Gasteiger partial charge in [-0.1, -0.05) is 65.0 Å². The highest BCUT2D eigenvalue weighted by atomic mass is 32.2. The van der Waals surface area contributed by atoms with Gasteiger partial charge in [0.1, 0.15) is 0 Å². The molecule has 2 aromatic carbocycles. The van der Waals surface area contributed by atoms with Gasteiger partial charge in [-0.25, -0.2) is 8.42 Å². The molecule has 1 N–H and O–H groups in total. The summed E-state index contributed by atoms with van der Waals surface area (Å²) in [5, 5.41) is 3.09. The Balaban J connectivity index is 1.78. The van der Waals surface area contributed by atoms with Crippen molar-refractivity contribution in [2.45, 2.75) is 57.9 Å². The average molecular weight is 500 g/mol. The van der Waals surface area contributed by atoms with E-state index < -0.39 is 10.0 Å². The Hall–Kier alpha value is -2.71. The summed E-state index contributed by atoms with van der Waals surface area (Å²) in [5.74, 6) is -0.237. The lowest BCUT2D eigenvalue weighted by atomic mass is 9.85. The molecule has 190 valence electrons. The number of nitrogens with one attached hydrogen (secondary N) is 1. The zero-order valence-corrected chi connectivity index (χ0v) is 22.4. The average Bonchev–Trinajstić information content (AvgIpc) is 2.82. The van der Waals surface area contributed by atoms with Crippen molar-refractivity contribution in [1.29, 1.82) is 0 Å². The van der Waals surface area contributed by atoms with Crippen LogP contribution >= 0.6 is 0 Å². The molecule has 1 unspecified atom stereocenters. The predicted octanol–water partition coefficient (Wildman–Crippen LogP) is 3.96. The second-order valence-corrected chi connectivity index (χ2v) is 12.4. The summed E-state index contributed by atoms with van der Waals surface area (Å²) < 4.78 is 27.8. The van der Waals surface area contributed by atoms with E-state index in [1.807, 2.05) is 26.0 Å². The highest BCUT2D eigenvalue weighted by Crippen LogP contribution is 2.27. The topological polar surface area (TPSA) is 86.8 Å². The molecule has 0 aliphatic carbocycles.